The van der Waals surface area contributed by atoms with Gasteiger partial charge in [-0.05, 0) is 43.0 Å². The van der Waals surface area contributed by atoms with E-state index >= 15 is 0 Å². The zero-order valence-electron chi connectivity index (χ0n) is 12.2. The summed E-state index contributed by atoms with van der Waals surface area (Å²) in [7, 11) is 0. The van der Waals surface area contributed by atoms with Gasteiger partial charge in [-0.1, -0.05) is 6.07 Å². The van der Waals surface area contributed by atoms with E-state index in [0.717, 1.165) is 24.0 Å². The van der Waals surface area contributed by atoms with Gasteiger partial charge >= 0.3 is 0 Å². The first-order valence-corrected chi connectivity index (χ1v) is 7.49. The number of carbonyl (C=O) groups excluding carboxylic acids is 1. The molecule has 2 aliphatic rings. The molecule has 114 valence electrons. The van der Waals surface area contributed by atoms with E-state index < -0.39 is 6.10 Å². The molecule has 1 aliphatic carbocycles. The Bertz CT molecular complexity index is 525. The Hall–Kier alpha value is -1.59. The van der Waals surface area contributed by atoms with Crippen LogP contribution in [-0.4, -0.2) is 48.3 Å². The van der Waals surface area contributed by atoms with Crippen molar-refractivity contribution in [3.8, 4) is 5.75 Å². The summed E-state index contributed by atoms with van der Waals surface area (Å²) < 4.78 is 11.0. The van der Waals surface area contributed by atoms with Crippen LogP contribution in [-0.2, 0) is 16.0 Å². The topological polar surface area (TPSA) is 59.0 Å². The van der Waals surface area contributed by atoms with Crippen LogP contribution in [0.25, 0.3) is 0 Å². The third-order valence-electron chi connectivity index (χ3n) is 4.14. The molecule has 0 radical (unpaired) electrons. The third kappa shape index (κ3) is 3.04. The number of aliphatic hydroxyl groups is 1. The van der Waals surface area contributed by atoms with Gasteiger partial charge in [-0.2, -0.15) is 0 Å². The lowest BCUT2D eigenvalue weighted by Crippen LogP contribution is -2.46. The molecular weight excluding hydrogens is 270 g/mol. The molecule has 1 fully saturated rings. The molecule has 5 heteroatoms. The van der Waals surface area contributed by atoms with Crippen LogP contribution in [0.1, 0.15) is 30.6 Å². The Labute approximate surface area is 124 Å². The van der Waals surface area contributed by atoms with Crippen molar-refractivity contribution in [3.05, 3.63) is 29.3 Å². The van der Waals surface area contributed by atoms with E-state index in [1.54, 1.807) is 11.8 Å². The van der Waals surface area contributed by atoms with Gasteiger partial charge < -0.3 is 19.5 Å². The molecular formula is C16H21NO4. The van der Waals surface area contributed by atoms with Gasteiger partial charge in [0.15, 0.2) is 6.10 Å². The molecule has 21 heavy (non-hydrogen) atoms. The zero-order chi connectivity index (χ0) is 14.8. The fraction of sp³-hybridized carbons (Fsp3) is 0.562. The van der Waals surface area contributed by atoms with E-state index in [0.29, 0.717) is 32.1 Å². The number of carbonyl (C=O) groups is 1. The molecule has 3 rings (SSSR count). The Morgan fingerprint density at radius 1 is 1.43 bits per heavy atom. The lowest BCUT2D eigenvalue weighted by Gasteiger charge is -2.29. The van der Waals surface area contributed by atoms with Gasteiger partial charge in [-0.3, -0.25) is 4.79 Å². The molecule has 1 unspecified atom stereocenters. The summed E-state index contributed by atoms with van der Waals surface area (Å²) in [5.74, 6) is 0.691. The van der Waals surface area contributed by atoms with Crippen molar-refractivity contribution < 1.29 is 19.4 Å². The summed E-state index contributed by atoms with van der Waals surface area (Å²) in [4.78, 5) is 14.1. The highest BCUT2D eigenvalue weighted by Crippen LogP contribution is 2.33. The molecule has 1 saturated heterocycles. The van der Waals surface area contributed by atoms with Gasteiger partial charge in [0, 0.05) is 13.1 Å². The largest absolute Gasteiger partial charge is 0.481 e. The van der Waals surface area contributed by atoms with Crippen LogP contribution in [0.15, 0.2) is 18.2 Å². The van der Waals surface area contributed by atoms with Crippen LogP contribution < -0.4 is 4.74 Å². The second kappa shape index (κ2) is 6.03. The molecule has 1 aliphatic heterocycles. The zero-order valence-corrected chi connectivity index (χ0v) is 12.2. The van der Waals surface area contributed by atoms with Crippen LogP contribution in [0.5, 0.6) is 5.75 Å². The molecule has 1 amide bonds. The Morgan fingerprint density at radius 3 is 2.95 bits per heavy atom. The van der Waals surface area contributed by atoms with E-state index in [9.17, 15) is 9.90 Å². The summed E-state index contributed by atoms with van der Waals surface area (Å²) >= 11 is 0. The van der Waals surface area contributed by atoms with Gasteiger partial charge in [0.2, 0.25) is 0 Å². The van der Waals surface area contributed by atoms with Gasteiger partial charge in [0.05, 0.1) is 19.3 Å². The molecule has 1 aromatic carbocycles. The highest BCUT2D eigenvalue weighted by Gasteiger charge is 2.25. The normalized spacial score (nSPS) is 22.8. The minimum absolute atomic E-state index is 0.00108. The van der Waals surface area contributed by atoms with Crippen molar-refractivity contribution >= 4 is 5.91 Å². The van der Waals surface area contributed by atoms with Crippen molar-refractivity contribution in [1.29, 1.82) is 0 Å². The van der Waals surface area contributed by atoms with Crippen LogP contribution >= 0.6 is 0 Å². The quantitative estimate of drug-likeness (QED) is 0.912. The van der Waals surface area contributed by atoms with Gasteiger partial charge in [0.1, 0.15) is 5.75 Å². The third-order valence-corrected chi connectivity index (χ3v) is 4.14. The van der Waals surface area contributed by atoms with Crippen molar-refractivity contribution in [3.63, 3.8) is 0 Å². The van der Waals surface area contributed by atoms with Crippen LogP contribution in [0, 0.1) is 0 Å². The predicted octanol–water partition coefficient (Wildman–Crippen LogP) is 1.29. The molecule has 5 nitrogen and oxygen atoms in total. The number of morpholine rings is 1. The van der Waals surface area contributed by atoms with E-state index in [2.05, 4.69) is 0 Å². The molecule has 0 aromatic heterocycles. The van der Waals surface area contributed by atoms with Crippen molar-refractivity contribution in [1.82, 2.24) is 4.90 Å². The number of aliphatic hydroxyl groups excluding tert-OH is 1. The van der Waals surface area contributed by atoms with Crippen LogP contribution in [0.4, 0.5) is 0 Å². The van der Waals surface area contributed by atoms with E-state index in [-0.39, 0.29) is 12.0 Å². The SMILES string of the molecule is CC(Oc1ccc2c(c1)CC[C@@H]2O)C(=O)N1CCOCC1. The Balaban J connectivity index is 1.64. The standard InChI is InChI=1S/C16H21NO4/c1-11(16(19)17-6-8-20-9-7-17)21-13-3-4-14-12(10-13)2-5-15(14)18/h3-4,10-11,15,18H,2,5-9H2,1H3/t11?,15-/m0/s1. The molecule has 1 heterocycles. The number of ether oxygens (including phenoxy) is 2. The maximum absolute atomic E-state index is 12.3. The number of aryl methyl sites for hydroxylation is 1. The minimum Gasteiger partial charge on any atom is -0.481 e. The summed E-state index contributed by atoms with van der Waals surface area (Å²) in [6.45, 7) is 4.22. The van der Waals surface area contributed by atoms with Crippen molar-refractivity contribution in [2.45, 2.75) is 32.0 Å². The highest BCUT2D eigenvalue weighted by atomic mass is 16.5. The molecule has 1 aromatic rings. The number of hydrogen-bond acceptors (Lipinski definition) is 4. The second-order valence-electron chi connectivity index (χ2n) is 5.61. The molecule has 0 spiro atoms. The Kier molecular flexibility index (Phi) is 4.12. The predicted molar refractivity (Wildman–Crippen MR) is 77.2 cm³/mol. The van der Waals surface area contributed by atoms with Crippen LogP contribution in [0.3, 0.4) is 0 Å². The van der Waals surface area contributed by atoms with E-state index in [1.807, 2.05) is 18.2 Å². The van der Waals surface area contributed by atoms with Crippen molar-refractivity contribution in [2.24, 2.45) is 0 Å². The van der Waals surface area contributed by atoms with Gasteiger partial charge in [0.25, 0.3) is 5.91 Å². The molecule has 2 atom stereocenters. The number of rotatable bonds is 3. The van der Waals surface area contributed by atoms with Crippen molar-refractivity contribution in [2.75, 3.05) is 26.3 Å². The van der Waals surface area contributed by atoms with Gasteiger partial charge in [-0.15, -0.1) is 0 Å². The first-order chi connectivity index (χ1) is 10.1. The van der Waals surface area contributed by atoms with Crippen LogP contribution in [0.2, 0.25) is 0 Å². The maximum atomic E-state index is 12.3. The smallest absolute Gasteiger partial charge is 0.263 e. The number of benzene rings is 1. The second-order valence-corrected chi connectivity index (χ2v) is 5.61. The highest BCUT2D eigenvalue weighted by molar-refractivity contribution is 5.81. The summed E-state index contributed by atoms with van der Waals surface area (Å²) in [6.07, 6.45) is 0.759. The number of hydrogen-bond donors (Lipinski definition) is 1. The average Bonchev–Trinajstić information content (AvgIpc) is 2.88. The average molecular weight is 291 g/mol. The fourth-order valence-corrected chi connectivity index (χ4v) is 2.94. The first-order valence-electron chi connectivity index (χ1n) is 7.49. The number of amides is 1. The monoisotopic (exact) mass is 291 g/mol. The maximum Gasteiger partial charge on any atom is 0.263 e. The molecule has 0 saturated carbocycles. The summed E-state index contributed by atoms with van der Waals surface area (Å²) in [6, 6.07) is 5.67. The first kappa shape index (κ1) is 14.4. The fourth-order valence-electron chi connectivity index (χ4n) is 2.94. The lowest BCUT2D eigenvalue weighted by atomic mass is 10.1. The minimum atomic E-state index is -0.507. The lowest BCUT2D eigenvalue weighted by molar-refractivity contribution is -0.142. The van der Waals surface area contributed by atoms with E-state index in [4.69, 9.17) is 9.47 Å². The molecule has 1 N–H and O–H groups in total. The molecule has 0 bridgehead atoms. The van der Waals surface area contributed by atoms with E-state index in [1.165, 1.54) is 0 Å². The number of fused-ring (bicyclic) bond motifs is 1. The van der Waals surface area contributed by atoms with Gasteiger partial charge in [-0.25, -0.2) is 0 Å². The summed E-state index contributed by atoms with van der Waals surface area (Å²) in [5, 5.41) is 9.80. The number of nitrogens with zero attached hydrogens (tertiary/aromatic N) is 1. The summed E-state index contributed by atoms with van der Waals surface area (Å²) in [5.41, 5.74) is 2.10. The Morgan fingerprint density at radius 2 is 2.19 bits per heavy atom.